The number of hydrogen-bond acceptors (Lipinski definition) is 4. The Labute approximate surface area is 257 Å². The van der Waals surface area contributed by atoms with Gasteiger partial charge in [0, 0.05) is 65.7 Å². The van der Waals surface area contributed by atoms with Crippen molar-refractivity contribution in [2.45, 2.75) is 89.0 Å². The summed E-state index contributed by atoms with van der Waals surface area (Å²) < 4.78 is 27.6. The van der Waals surface area contributed by atoms with E-state index >= 15 is 4.39 Å². The third-order valence-corrected chi connectivity index (χ3v) is 15.6. The van der Waals surface area contributed by atoms with Crippen LogP contribution in [0.25, 0.3) is 10.9 Å². The summed E-state index contributed by atoms with van der Waals surface area (Å²) in [5, 5.41) is 1.30. The summed E-state index contributed by atoms with van der Waals surface area (Å²) in [7, 11) is -0.353. The van der Waals surface area contributed by atoms with Crippen molar-refractivity contribution in [1.29, 1.82) is 0 Å². The minimum Gasteiger partial charge on any atom is -0.497 e. The molecule has 2 aliphatic heterocycles. The third kappa shape index (κ3) is 5.55. The van der Waals surface area contributed by atoms with Gasteiger partial charge in [-0.2, -0.15) is 0 Å². The molecule has 0 bridgehead atoms. The molecule has 0 radical (unpaired) electrons. The molecule has 1 N–H and O–H groups in total. The van der Waals surface area contributed by atoms with Crippen LogP contribution in [0.4, 0.5) is 4.39 Å². The van der Waals surface area contributed by atoms with Gasteiger partial charge in [-0.15, -0.1) is 0 Å². The standard InChI is InChI=1S/C35H48FN3O3Si/c1-34(2,3)43(5,6)42-22-30-32-31(27-15-14-26(41-4)20-29(27)37-32)35(23-39(30)21-25-10-7-8-13-28(25)36)16-18-38(19-17-35)33(40)24-11-9-12-24/h7-8,10,13-15,20,24,30,37H,9,11-12,16-19,21-23H2,1-6H3/t30-/m1/s1. The van der Waals surface area contributed by atoms with E-state index in [4.69, 9.17) is 9.16 Å². The second kappa shape index (κ2) is 11.3. The zero-order chi connectivity index (χ0) is 30.6. The van der Waals surface area contributed by atoms with Crippen molar-refractivity contribution >= 4 is 25.1 Å². The number of methoxy groups -OCH3 is 1. The number of rotatable bonds is 7. The molecule has 1 spiro atoms. The Kier molecular flexibility index (Phi) is 8.01. The van der Waals surface area contributed by atoms with E-state index in [1.54, 1.807) is 19.2 Å². The molecule has 3 aliphatic rings. The molecule has 2 fully saturated rings. The highest BCUT2D eigenvalue weighted by molar-refractivity contribution is 6.74. The molecule has 1 atom stereocenters. The third-order valence-electron chi connectivity index (χ3n) is 11.1. The monoisotopic (exact) mass is 605 g/mol. The first kappa shape index (κ1) is 30.3. The van der Waals surface area contributed by atoms with Crippen LogP contribution in [0.1, 0.15) is 75.7 Å². The van der Waals surface area contributed by atoms with E-state index in [0.717, 1.165) is 56.6 Å². The number of carbonyl (C=O) groups is 1. The van der Waals surface area contributed by atoms with Gasteiger partial charge in [0.25, 0.3) is 0 Å². The number of carbonyl (C=O) groups excluding carboxylic acids is 1. The van der Waals surface area contributed by atoms with Crippen molar-refractivity contribution in [3.63, 3.8) is 0 Å². The summed E-state index contributed by atoms with van der Waals surface area (Å²) in [6.07, 6.45) is 5.00. The Morgan fingerprint density at radius 1 is 1.12 bits per heavy atom. The van der Waals surface area contributed by atoms with Crippen LogP contribution in [0, 0.1) is 11.7 Å². The number of likely N-dealkylation sites (tertiary alicyclic amines) is 1. The average Bonchev–Trinajstić information content (AvgIpc) is 3.32. The molecule has 1 saturated heterocycles. The maximum Gasteiger partial charge on any atom is 0.225 e. The van der Waals surface area contributed by atoms with E-state index < -0.39 is 8.32 Å². The predicted molar refractivity (Wildman–Crippen MR) is 172 cm³/mol. The van der Waals surface area contributed by atoms with Gasteiger partial charge in [-0.25, -0.2) is 4.39 Å². The number of hydrogen-bond donors (Lipinski definition) is 1. The van der Waals surface area contributed by atoms with E-state index in [1.807, 2.05) is 18.2 Å². The van der Waals surface area contributed by atoms with Crippen LogP contribution in [0.5, 0.6) is 5.75 Å². The molecule has 2 aromatic carbocycles. The Balaban J connectivity index is 1.42. The Morgan fingerprint density at radius 3 is 2.47 bits per heavy atom. The lowest BCUT2D eigenvalue weighted by molar-refractivity contribution is -0.140. The average molecular weight is 606 g/mol. The van der Waals surface area contributed by atoms with Crippen molar-refractivity contribution in [3.05, 3.63) is 65.1 Å². The number of aromatic nitrogens is 1. The number of H-pyrrole nitrogens is 1. The van der Waals surface area contributed by atoms with Gasteiger partial charge in [0.2, 0.25) is 5.91 Å². The SMILES string of the molecule is COc1ccc2c3c([nH]c2c1)[C@@H](CO[Si](C)(C)C(C)(C)C)N(Cc1ccccc1F)CC31CCN(C(=O)C2CCC2)CC1. The van der Waals surface area contributed by atoms with Crippen LogP contribution in [0.15, 0.2) is 42.5 Å². The summed E-state index contributed by atoms with van der Waals surface area (Å²) in [5.74, 6) is 1.20. The molecule has 1 saturated carbocycles. The fourth-order valence-electron chi connectivity index (χ4n) is 7.09. The Hall–Kier alpha value is -2.68. The largest absolute Gasteiger partial charge is 0.497 e. The molecule has 8 heteroatoms. The Bertz CT molecular complexity index is 1480. The molecule has 6 rings (SSSR count). The quantitative estimate of drug-likeness (QED) is 0.283. The van der Waals surface area contributed by atoms with Gasteiger partial charge < -0.3 is 19.0 Å². The highest BCUT2D eigenvalue weighted by Crippen LogP contribution is 2.50. The lowest BCUT2D eigenvalue weighted by Crippen LogP contribution is -2.55. The highest BCUT2D eigenvalue weighted by atomic mass is 28.4. The Morgan fingerprint density at radius 2 is 1.84 bits per heavy atom. The second-order valence-electron chi connectivity index (χ2n) is 14.6. The van der Waals surface area contributed by atoms with Crippen molar-refractivity contribution in [3.8, 4) is 5.75 Å². The van der Waals surface area contributed by atoms with Gasteiger partial charge in [0.15, 0.2) is 8.32 Å². The summed E-state index contributed by atoms with van der Waals surface area (Å²) in [5.41, 5.74) is 4.13. The van der Waals surface area contributed by atoms with Gasteiger partial charge in [-0.05, 0) is 67.6 Å². The van der Waals surface area contributed by atoms with Crippen LogP contribution in [-0.2, 0) is 21.2 Å². The second-order valence-corrected chi connectivity index (χ2v) is 19.5. The van der Waals surface area contributed by atoms with Gasteiger partial charge in [0.1, 0.15) is 11.6 Å². The zero-order valence-corrected chi connectivity index (χ0v) is 27.8. The maximum atomic E-state index is 15.1. The van der Waals surface area contributed by atoms with Crippen LogP contribution in [0.3, 0.4) is 0 Å². The molecule has 1 amide bonds. The topological polar surface area (TPSA) is 57.8 Å². The van der Waals surface area contributed by atoms with Gasteiger partial charge in [0.05, 0.1) is 19.8 Å². The van der Waals surface area contributed by atoms with E-state index in [9.17, 15) is 4.79 Å². The van der Waals surface area contributed by atoms with Crippen LogP contribution in [-0.4, -0.2) is 62.4 Å². The summed E-state index contributed by atoms with van der Waals surface area (Å²) in [6.45, 7) is 14.8. The molecule has 3 aromatic rings. The number of amides is 1. The van der Waals surface area contributed by atoms with Crippen LogP contribution in [0.2, 0.25) is 18.1 Å². The van der Waals surface area contributed by atoms with E-state index in [2.05, 4.69) is 60.8 Å². The first-order valence-electron chi connectivity index (χ1n) is 16.0. The zero-order valence-electron chi connectivity index (χ0n) is 26.8. The molecule has 1 aromatic heterocycles. The fraction of sp³-hybridized carbons (Fsp3) is 0.571. The van der Waals surface area contributed by atoms with E-state index in [0.29, 0.717) is 24.6 Å². The molecule has 6 nitrogen and oxygen atoms in total. The minimum absolute atomic E-state index is 0.0533. The van der Waals surface area contributed by atoms with Crippen molar-refractivity contribution < 1.29 is 18.3 Å². The lowest BCUT2D eigenvalue weighted by atomic mass is 9.68. The first-order valence-corrected chi connectivity index (χ1v) is 18.9. The molecule has 232 valence electrons. The van der Waals surface area contributed by atoms with Crippen molar-refractivity contribution in [1.82, 2.24) is 14.8 Å². The lowest BCUT2D eigenvalue weighted by Gasteiger charge is -2.51. The van der Waals surface area contributed by atoms with Gasteiger partial charge in [-0.1, -0.05) is 45.4 Å². The normalized spacial score (nSPS) is 21.2. The molecular formula is C35H48FN3O3Si. The number of nitrogens with zero attached hydrogens (tertiary/aromatic N) is 2. The number of fused-ring (bicyclic) bond motifs is 4. The number of nitrogens with one attached hydrogen (secondary N) is 1. The van der Waals surface area contributed by atoms with Gasteiger partial charge >= 0.3 is 0 Å². The summed E-state index contributed by atoms with van der Waals surface area (Å²) in [6, 6.07) is 13.4. The molecular weight excluding hydrogens is 557 g/mol. The van der Waals surface area contributed by atoms with Gasteiger partial charge in [-0.3, -0.25) is 9.69 Å². The molecule has 0 unspecified atom stereocenters. The number of ether oxygens (including phenoxy) is 1. The predicted octanol–water partition coefficient (Wildman–Crippen LogP) is 7.55. The smallest absolute Gasteiger partial charge is 0.225 e. The minimum atomic E-state index is -2.05. The highest BCUT2D eigenvalue weighted by Gasteiger charge is 2.49. The fourth-order valence-corrected chi connectivity index (χ4v) is 8.09. The number of benzene rings is 2. The van der Waals surface area contributed by atoms with E-state index in [-0.39, 0.29) is 28.2 Å². The maximum absolute atomic E-state index is 15.1. The van der Waals surface area contributed by atoms with Crippen molar-refractivity contribution in [2.75, 3.05) is 33.4 Å². The van der Waals surface area contributed by atoms with E-state index in [1.165, 1.54) is 23.1 Å². The number of piperidine rings is 1. The summed E-state index contributed by atoms with van der Waals surface area (Å²) >= 11 is 0. The molecule has 3 heterocycles. The summed E-state index contributed by atoms with van der Waals surface area (Å²) in [4.78, 5) is 21.6. The van der Waals surface area contributed by atoms with Crippen LogP contribution >= 0.6 is 0 Å². The molecule has 1 aliphatic carbocycles. The van der Waals surface area contributed by atoms with Crippen LogP contribution < -0.4 is 4.74 Å². The number of halogens is 1. The molecule has 43 heavy (non-hydrogen) atoms. The van der Waals surface area contributed by atoms with Crippen molar-refractivity contribution in [2.24, 2.45) is 5.92 Å². The first-order chi connectivity index (χ1) is 20.4. The number of aromatic amines is 1.